The quantitative estimate of drug-likeness (QED) is 0.162. The number of benzene rings is 4. The maximum Gasteiger partial charge on any atom is -0.147 e. The first-order valence-electron chi connectivity index (χ1n) is 21.4. The van der Waals surface area contributed by atoms with E-state index in [1.807, 2.05) is 0 Å². The summed E-state index contributed by atoms with van der Waals surface area (Å²) in [5.74, 6) is 4.23. The molecular formula is C51H62Cl2SiZr. The summed E-state index contributed by atoms with van der Waals surface area (Å²) < 4.78 is 6.81. The van der Waals surface area contributed by atoms with Gasteiger partial charge >= 0.3 is 325 Å². The molecule has 7 aliphatic rings. The predicted molar refractivity (Wildman–Crippen MR) is 242 cm³/mol. The summed E-state index contributed by atoms with van der Waals surface area (Å²) in [7, 11) is 0. The van der Waals surface area contributed by atoms with Gasteiger partial charge in [-0.15, -0.1) is 24.8 Å². The van der Waals surface area contributed by atoms with E-state index in [1.54, 1.807) is 27.8 Å². The number of fused-ring (bicyclic) bond motifs is 2. The standard InChI is InChI=1S/C26H27.C23H25.2CH3.2ClH.H2Si.Zr/c1-17-9-22-3-2-4-24(25(22)10-17)21-5-7-23(8-6-21)26-14-18-11-19(15-26)13-20(12-18)16-26;1-16(2)17-10-12-19(13-11-17)22-9-5-8-20-14-21(15-23(20)22)18-6-3-4-7-18;;;;;;/h2-10,18-20H,11-16H2,1H3;5,8-16,18H,3-4,6-7H2,1-2H3;2*1H3;2*1H;1H2;. The molecule has 7 aliphatic carbocycles. The molecule has 5 fully saturated rings. The second-order valence-electron chi connectivity index (χ2n) is 20.5. The molecule has 4 aromatic carbocycles. The molecule has 4 bridgehead atoms. The Kier molecular flexibility index (Phi) is 10.4. The molecule has 2 atom stereocenters. The van der Waals surface area contributed by atoms with Crippen LogP contribution in [-0.2, 0) is 22.8 Å². The first kappa shape index (κ1) is 39.8. The Morgan fingerprint density at radius 2 is 1.13 bits per heavy atom. The Labute approximate surface area is 346 Å². The van der Waals surface area contributed by atoms with Crippen LogP contribution in [0.3, 0.4) is 0 Å². The van der Waals surface area contributed by atoms with Crippen LogP contribution in [0.4, 0.5) is 0 Å². The van der Waals surface area contributed by atoms with E-state index in [-0.39, 0.29) is 24.8 Å². The Morgan fingerprint density at radius 3 is 1.65 bits per heavy atom. The van der Waals surface area contributed by atoms with Gasteiger partial charge in [-0.1, -0.05) is 0 Å². The van der Waals surface area contributed by atoms with E-state index in [1.165, 1.54) is 103 Å². The summed E-state index contributed by atoms with van der Waals surface area (Å²) >= 11 is -3.71. The van der Waals surface area contributed by atoms with E-state index < -0.39 is 17.4 Å². The average molecular weight is 865 g/mol. The Hall–Kier alpha value is -1.96. The zero-order valence-corrected chi connectivity index (χ0v) is 39.4. The fourth-order valence-corrected chi connectivity index (χ4v) is 34.4. The molecule has 0 radical (unpaired) electrons. The van der Waals surface area contributed by atoms with Gasteiger partial charge in [-0.05, 0) is 0 Å². The van der Waals surface area contributed by atoms with E-state index in [9.17, 15) is 0 Å². The van der Waals surface area contributed by atoms with Gasteiger partial charge in [0, 0.05) is 0 Å². The predicted octanol–water partition coefficient (Wildman–Crippen LogP) is 14.6. The number of hydrogen-bond donors (Lipinski definition) is 0. The van der Waals surface area contributed by atoms with Crippen molar-refractivity contribution in [3.8, 4) is 22.3 Å². The molecule has 0 nitrogen and oxygen atoms in total. The maximum absolute atomic E-state index is 3.71. The van der Waals surface area contributed by atoms with Crippen molar-refractivity contribution in [2.75, 3.05) is 0 Å². The van der Waals surface area contributed by atoms with E-state index in [0.29, 0.717) is 18.6 Å². The first-order chi connectivity index (χ1) is 25.5. The van der Waals surface area contributed by atoms with Gasteiger partial charge in [0.25, 0.3) is 0 Å². The molecular weight excluding hydrogens is 803 g/mol. The number of hydrogen-bond acceptors (Lipinski definition) is 0. The summed E-state index contributed by atoms with van der Waals surface area (Å²) in [4.78, 5) is 0. The molecule has 11 rings (SSSR count). The van der Waals surface area contributed by atoms with E-state index >= 15 is 0 Å². The molecule has 0 amide bonds. The van der Waals surface area contributed by atoms with Gasteiger partial charge in [-0.25, -0.2) is 0 Å². The molecule has 4 heteroatoms. The zero-order valence-electron chi connectivity index (χ0n) is 33.9. The van der Waals surface area contributed by atoms with Gasteiger partial charge in [0.2, 0.25) is 0 Å². The van der Waals surface area contributed by atoms with Crippen LogP contribution in [0.2, 0.25) is 9.26 Å². The van der Waals surface area contributed by atoms with Gasteiger partial charge in [0.05, 0.1) is 0 Å². The molecule has 0 spiro atoms. The molecule has 0 aliphatic heterocycles. The fraction of sp³-hybridized carbons (Fsp3) is 0.451. The van der Waals surface area contributed by atoms with Gasteiger partial charge in [-0.2, -0.15) is 0 Å². The molecule has 4 aromatic rings. The van der Waals surface area contributed by atoms with Crippen LogP contribution < -0.4 is 0 Å². The molecule has 0 N–H and O–H groups in total. The van der Waals surface area contributed by atoms with Crippen molar-refractivity contribution < 1.29 is 17.4 Å². The summed E-state index contributed by atoms with van der Waals surface area (Å²) in [5, 5.41) is 0. The molecule has 55 heavy (non-hydrogen) atoms. The van der Waals surface area contributed by atoms with Gasteiger partial charge < -0.3 is 0 Å². The van der Waals surface area contributed by atoms with Crippen LogP contribution >= 0.6 is 24.8 Å². The van der Waals surface area contributed by atoms with Crippen molar-refractivity contribution >= 4 is 43.8 Å². The van der Waals surface area contributed by atoms with Crippen molar-refractivity contribution in [2.24, 2.45) is 23.7 Å². The number of halogens is 2. The first-order valence-corrected chi connectivity index (χ1v) is 35.1. The van der Waals surface area contributed by atoms with Crippen LogP contribution in [0.5, 0.6) is 0 Å². The van der Waals surface area contributed by atoms with E-state index in [2.05, 4.69) is 134 Å². The van der Waals surface area contributed by atoms with Crippen molar-refractivity contribution in [1.29, 1.82) is 0 Å². The largest absolute Gasteiger partial charge is 0.147 e. The van der Waals surface area contributed by atoms with Gasteiger partial charge in [-0.3, -0.25) is 0 Å². The Bertz CT molecular complexity index is 2210. The average Bonchev–Trinajstić information content (AvgIpc) is 3.88. The molecule has 0 saturated heterocycles. The van der Waals surface area contributed by atoms with E-state index in [0.717, 1.165) is 23.7 Å². The van der Waals surface area contributed by atoms with Crippen molar-refractivity contribution in [1.82, 2.24) is 0 Å². The Balaban J connectivity index is 0.00000214. The second kappa shape index (κ2) is 14.4. The minimum absolute atomic E-state index is 0. The summed E-state index contributed by atoms with van der Waals surface area (Å²) in [5.41, 5.74) is 18.9. The SMILES string of the molecule is CC1=Cc2c(-c3ccc(C45CC6CC(CC(C6)C4)C5)cc3)cccc2[CH]1[Zr]([CH3])([CH3])(=[SiH2])[CH]1C(C2CCCC2)=Cc2c(-c3ccc(C(C)C)cc3)cccc21.Cl.Cl. The van der Waals surface area contributed by atoms with Crippen LogP contribution in [0.1, 0.15) is 132 Å². The van der Waals surface area contributed by atoms with Crippen LogP contribution in [0.15, 0.2) is 96.1 Å². The topological polar surface area (TPSA) is 0 Å². The number of rotatable bonds is 7. The van der Waals surface area contributed by atoms with Gasteiger partial charge in [0.1, 0.15) is 0 Å². The summed E-state index contributed by atoms with van der Waals surface area (Å²) in [6.07, 6.45) is 19.7. The third-order valence-electron chi connectivity index (χ3n) is 15.8. The third kappa shape index (κ3) is 6.46. The minimum Gasteiger partial charge on any atom is -0.147 e. The van der Waals surface area contributed by atoms with Crippen molar-refractivity contribution in [3.63, 3.8) is 0 Å². The minimum atomic E-state index is -3.71. The smallest absolute Gasteiger partial charge is 0.147 e. The Morgan fingerprint density at radius 1 is 0.636 bits per heavy atom. The van der Waals surface area contributed by atoms with Gasteiger partial charge in [0.15, 0.2) is 0 Å². The van der Waals surface area contributed by atoms with Crippen LogP contribution in [0, 0.1) is 23.7 Å². The zero-order chi connectivity index (χ0) is 36.3. The van der Waals surface area contributed by atoms with E-state index in [4.69, 9.17) is 0 Å². The number of allylic oxidation sites excluding steroid dienone is 2. The fourth-order valence-electron chi connectivity index (χ4n) is 14.1. The van der Waals surface area contributed by atoms with Crippen LogP contribution in [-0.4, -0.2) is 6.88 Å². The maximum atomic E-state index is 2.84. The molecule has 5 saturated carbocycles. The molecule has 0 heterocycles. The molecule has 0 aromatic heterocycles. The summed E-state index contributed by atoms with van der Waals surface area (Å²) in [6.45, 7) is 9.61. The molecule has 2 unspecified atom stereocenters. The third-order valence-corrected chi connectivity index (χ3v) is 33.5. The molecule has 288 valence electrons. The second-order valence-corrected chi connectivity index (χ2v) is 51.0. The normalized spacial score (nSPS) is 28.0. The van der Waals surface area contributed by atoms with Crippen molar-refractivity contribution in [2.45, 2.75) is 113 Å². The van der Waals surface area contributed by atoms with Crippen LogP contribution in [0.25, 0.3) is 34.4 Å². The van der Waals surface area contributed by atoms with Crippen molar-refractivity contribution in [3.05, 3.63) is 129 Å². The monoisotopic (exact) mass is 862 g/mol. The summed E-state index contributed by atoms with van der Waals surface area (Å²) in [6, 6.07) is 34.3.